The van der Waals surface area contributed by atoms with Crippen molar-refractivity contribution >= 4 is 18.0 Å². The van der Waals surface area contributed by atoms with Gasteiger partial charge in [-0.3, -0.25) is 9.59 Å². The number of carboxylic acids is 1. The number of aldehydes is 1. The molecule has 0 aromatic rings. The molecule has 80 valence electrons. The molecule has 0 saturated carbocycles. The molecule has 0 saturated heterocycles. The lowest BCUT2D eigenvalue weighted by atomic mass is 10.0. The van der Waals surface area contributed by atoms with Crippen LogP contribution in [0.2, 0.25) is 0 Å². The van der Waals surface area contributed by atoms with E-state index in [1.54, 1.807) is 0 Å². The molecule has 6 nitrogen and oxygen atoms in total. The monoisotopic (exact) mass is 202 g/mol. The van der Waals surface area contributed by atoms with Crippen molar-refractivity contribution in [3.05, 3.63) is 0 Å². The second-order valence-corrected chi connectivity index (χ2v) is 3.01. The zero-order chi connectivity index (χ0) is 11.1. The lowest BCUT2D eigenvalue weighted by Gasteiger charge is -2.09. The van der Waals surface area contributed by atoms with E-state index in [0.29, 0.717) is 6.29 Å². The highest BCUT2D eigenvalue weighted by Gasteiger charge is 2.17. The van der Waals surface area contributed by atoms with E-state index in [4.69, 9.17) is 16.6 Å². The Morgan fingerprint density at radius 3 is 2.36 bits per heavy atom. The van der Waals surface area contributed by atoms with Crippen molar-refractivity contribution in [2.24, 2.45) is 11.5 Å². The van der Waals surface area contributed by atoms with E-state index in [2.05, 4.69) is 0 Å². The molecule has 0 unspecified atom stereocenters. The molecule has 0 heterocycles. The van der Waals surface area contributed by atoms with E-state index in [-0.39, 0.29) is 25.0 Å². The maximum Gasteiger partial charge on any atom is 0.303 e. The summed E-state index contributed by atoms with van der Waals surface area (Å²) in [6.07, 6.45) is 0.231. The fourth-order valence-electron chi connectivity index (χ4n) is 0.872. The van der Waals surface area contributed by atoms with Crippen LogP contribution in [-0.2, 0) is 14.4 Å². The minimum absolute atomic E-state index is 0.0692. The highest BCUT2D eigenvalue weighted by atomic mass is 16.4. The lowest BCUT2D eigenvalue weighted by molar-refractivity contribution is -0.137. The standard InChI is InChI=1S/C8H14N2O4/c9-5(4-11)3-7(12)6(10)1-2-8(13)14/h4-6H,1-3,9-10H2,(H,13,14)/t5-,6-/m0/s1. The summed E-state index contributed by atoms with van der Waals surface area (Å²) in [5, 5.41) is 8.32. The van der Waals surface area contributed by atoms with Gasteiger partial charge >= 0.3 is 5.97 Å². The van der Waals surface area contributed by atoms with Crippen molar-refractivity contribution in [2.45, 2.75) is 31.3 Å². The molecule has 0 aliphatic rings. The summed E-state index contributed by atoms with van der Waals surface area (Å²) in [6.45, 7) is 0. The van der Waals surface area contributed by atoms with Gasteiger partial charge in [-0.2, -0.15) is 0 Å². The zero-order valence-electron chi connectivity index (χ0n) is 7.68. The number of carbonyl (C=O) groups is 3. The molecule has 0 radical (unpaired) electrons. The minimum atomic E-state index is -1.01. The van der Waals surface area contributed by atoms with Crippen molar-refractivity contribution in [3.63, 3.8) is 0 Å². The maximum atomic E-state index is 11.2. The van der Waals surface area contributed by atoms with Crippen LogP contribution < -0.4 is 11.5 Å². The molecular weight excluding hydrogens is 188 g/mol. The second-order valence-electron chi connectivity index (χ2n) is 3.01. The van der Waals surface area contributed by atoms with Crippen LogP contribution in [0.1, 0.15) is 19.3 Å². The van der Waals surface area contributed by atoms with Gasteiger partial charge in [-0.15, -0.1) is 0 Å². The van der Waals surface area contributed by atoms with Crippen LogP contribution in [0.3, 0.4) is 0 Å². The van der Waals surface area contributed by atoms with Gasteiger partial charge in [0.15, 0.2) is 5.78 Å². The van der Waals surface area contributed by atoms with E-state index in [1.165, 1.54) is 0 Å². The smallest absolute Gasteiger partial charge is 0.303 e. The van der Waals surface area contributed by atoms with Gasteiger partial charge in [0, 0.05) is 12.8 Å². The van der Waals surface area contributed by atoms with E-state index in [1.807, 2.05) is 0 Å². The third-order valence-electron chi connectivity index (χ3n) is 1.69. The van der Waals surface area contributed by atoms with Gasteiger partial charge in [-0.05, 0) is 6.42 Å². The molecule has 0 aromatic heterocycles. The van der Waals surface area contributed by atoms with E-state index < -0.39 is 18.1 Å². The first-order valence-electron chi connectivity index (χ1n) is 4.18. The topological polar surface area (TPSA) is 123 Å². The average molecular weight is 202 g/mol. The van der Waals surface area contributed by atoms with Crippen LogP contribution >= 0.6 is 0 Å². The second kappa shape index (κ2) is 6.22. The Kier molecular flexibility index (Phi) is 5.66. The van der Waals surface area contributed by atoms with Gasteiger partial charge < -0.3 is 21.4 Å². The molecule has 2 atom stereocenters. The molecule has 0 bridgehead atoms. The first-order valence-corrected chi connectivity index (χ1v) is 4.18. The molecule has 14 heavy (non-hydrogen) atoms. The van der Waals surface area contributed by atoms with Gasteiger partial charge in [0.1, 0.15) is 6.29 Å². The van der Waals surface area contributed by atoms with Gasteiger partial charge in [-0.1, -0.05) is 0 Å². The Labute approximate surface area is 81.3 Å². The zero-order valence-corrected chi connectivity index (χ0v) is 7.68. The molecule has 0 rings (SSSR count). The largest absolute Gasteiger partial charge is 0.481 e. The number of carbonyl (C=O) groups excluding carboxylic acids is 2. The number of hydrogen-bond acceptors (Lipinski definition) is 5. The molecule has 0 aliphatic heterocycles. The number of aliphatic carboxylic acids is 1. The number of hydrogen-bond donors (Lipinski definition) is 3. The van der Waals surface area contributed by atoms with E-state index in [0.717, 1.165) is 0 Å². The van der Waals surface area contributed by atoms with Crippen molar-refractivity contribution in [3.8, 4) is 0 Å². The summed E-state index contributed by atoms with van der Waals surface area (Å²) in [6, 6.07) is -1.70. The van der Waals surface area contributed by atoms with Crippen LogP contribution in [0, 0.1) is 0 Å². The first kappa shape index (κ1) is 12.7. The number of ketones is 1. The fourth-order valence-corrected chi connectivity index (χ4v) is 0.872. The van der Waals surface area contributed by atoms with E-state index >= 15 is 0 Å². The molecule has 0 spiro atoms. The third kappa shape index (κ3) is 5.39. The summed E-state index contributed by atoms with van der Waals surface area (Å²) in [5.74, 6) is -1.39. The minimum Gasteiger partial charge on any atom is -0.481 e. The summed E-state index contributed by atoms with van der Waals surface area (Å²) < 4.78 is 0. The summed E-state index contributed by atoms with van der Waals surface area (Å²) in [5.41, 5.74) is 10.6. The number of Topliss-reactive ketones (excluding diaryl/α,β-unsaturated/α-hetero) is 1. The van der Waals surface area contributed by atoms with Crippen LogP contribution in [0.5, 0.6) is 0 Å². The Bertz CT molecular complexity index is 229. The van der Waals surface area contributed by atoms with Crippen molar-refractivity contribution in [1.29, 1.82) is 0 Å². The molecule has 0 aromatic carbocycles. The Morgan fingerprint density at radius 2 is 1.93 bits per heavy atom. The number of carboxylic acid groups (broad SMARTS) is 1. The van der Waals surface area contributed by atoms with E-state index in [9.17, 15) is 14.4 Å². The lowest BCUT2D eigenvalue weighted by Crippen LogP contribution is -2.36. The van der Waals surface area contributed by atoms with Crippen molar-refractivity contribution < 1.29 is 19.5 Å². The molecule has 0 aliphatic carbocycles. The third-order valence-corrected chi connectivity index (χ3v) is 1.69. The van der Waals surface area contributed by atoms with Crippen molar-refractivity contribution in [2.75, 3.05) is 0 Å². The van der Waals surface area contributed by atoms with Gasteiger partial charge in [0.25, 0.3) is 0 Å². The quantitative estimate of drug-likeness (QED) is 0.439. The normalized spacial score (nSPS) is 14.4. The van der Waals surface area contributed by atoms with Crippen molar-refractivity contribution in [1.82, 2.24) is 0 Å². The number of nitrogens with two attached hydrogens (primary N) is 2. The average Bonchev–Trinajstić information content (AvgIpc) is 2.13. The highest BCUT2D eigenvalue weighted by molar-refractivity contribution is 5.87. The van der Waals surface area contributed by atoms with Crippen LogP contribution in [0.25, 0.3) is 0 Å². The SMILES string of the molecule is N[C@H](C=O)CC(=O)[C@@H](N)CCC(=O)O. The van der Waals surface area contributed by atoms with Crippen LogP contribution in [-0.4, -0.2) is 35.2 Å². The first-order chi connectivity index (χ1) is 6.47. The van der Waals surface area contributed by atoms with Gasteiger partial charge in [0.05, 0.1) is 12.1 Å². The molecular formula is C8H14N2O4. The summed E-state index contributed by atoms with van der Waals surface area (Å²) >= 11 is 0. The Morgan fingerprint density at radius 1 is 1.36 bits per heavy atom. The predicted octanol–water partition coefficient (Wildman–Crippen LogP) is -1.34. The van der Waals surface area contributed by atoms with Gasteiger partial charge in [-0.25, -0.2) is 0 Å². The van der Waals surface area contributed by atoms with Crippen LogP contribution in [0.15, 0.2) is 0 Å². The predicted molar refractivity (Wildman–Crippen MR) is 48.5 cm³/mol. The molecule has 5 N–H and O–H groups in total. The Hall–Kier alpha value is -1.27. The maximum absolute atomic E-state index is 11.2. The fraction of sp³-hybridized carbons (Fsp3) is 0.625. The molecule has 0 amide bonds. The number of rotatable bonds is 7. The molecule has 0 fully saturated rings. The molecule has 6 heteroatoms. The summed E-state index contributed by atoms with van der Waals surface area (Å²) in [4.78, 5) is 31.4. The van der Waals surface area contributed by atoms with Gasteiger partial charge in [0.2, 0.25) is 0 Å². The Balaban J connectivity index is 3.87. The summed E-state index contributed by atoms with van der Waals surface area (Å²) in [7, 11) is 0. The van der Waals surface area contributed by atoms with Crippen LogP contribution in [0.4, 0.5) is 0 Å². The highest BCUT2D eigenvalue weighted by Crippen LogP contribution is 1.99.